The molecule has 0 atom stereocenters. The van der Waals surface area contributed by atoms with Crippen LogP contribution >= 0.6 is 11.3 Å². The Morgan fingerprint density at radius 1 is 1.38 bits per heavy atom. The van der Waals surface area contributed by atoms with Crippen LogP contribution in [-0.4, -0.2) is 17.0 Å². The Morgan fingerprint density at radius 2 is 2.12 bits per heavy atom. The van der Waals surface area contributed by atoms with Gasteiger partial charge in [0.1, 0.15) is 10.8 Å². The number of thiophene rings is 1. The van der Waals surface area contributed by atoms with Crippen LogP contribution in [0.1, 0.15) is 57.0 Å². The number of anilines is 1. The highest BCUT2D eigenvalue weighted by molar-refractivity contribution is 7.17. The number of nitrogens with one attached hydrogen (secondary N) is 1. The largest absolute Gasteiger partial charge is 0.478 e. The topological polar surface area (TPSA) is 92.4 Å². The smallest absolute Gasteiger partial charge is 0.339 e. The highest BCUT2D eigenvalue weighted by Gasteiger charge is 2.33. The standard InChI is InChI=1S/C19H21FN2O3S/c1-19(2)7-6-14-11(8-19)15(18(24)25)17(26-14)22-16(23)10-4-3-5-13(20)12(10)9-21/h3-5H,6-9,21H2,1-2H3,(H,22,23)(H,24,25). The summed E-state index contributed by atoms with van der Waals surface area (Å²) in [5.74, 6) is -2.16. The van der Waals surface area contributed by atoms with E-state index in [4.69, 9.17) is 5.73 Å². The number of fused-ring (bicyclic) bond motifs is 1. The predicted octanol–water partition coefficient (Wildman–Crippen LogP) is 3.81. The second-order valence-corrected chi connectivity index (χ2v) is 8.38. The van der Waals surface area contributed by atoms with Crippen LogP contribution in [0.2, 0.25) is 0 Å². The van der Waals surface area contributed by atoms with E-state index >= 15 is 0 Å². The number of benzene rings is 1. The zero-order valence-electron chi connectivity index (χ0n) is 14.7. The number of hydrogen-bond acceptors (Lipinski definition) is 4. The maximum Gasteiger partial charge on any atom is 0.339 e. The number of halogens is 1. The first kappa shape index (κ1) is 18.5. The van der Waals surface area contributed by atoms with Crippen LogP contribution in [0.4, 0.5) is 9.39 Å². The number of aryl methyl sites for hydroxylation is 1. The molecular weight excluding hydrogens is 355 g/mol. The van der Waals surface area contributed by atoms with Crippen molar-refractivity contribution < 1.29 is 19.1 Å². The molecule has 0 aliphatic heterocycles. The van der Waals surface area contributed by atoms with Gasteiger partial charge >= 0.3 is 5.97 Å². The number of carboxylic acid groups (broad SMARTS) is 1. The van der Waals surface area contributed by atoms with Gasteiger partial charge in [0.05, 0.1) is 5.56 Å². The number of aromatic carboxylic acids is 1. The van der Waals surface area contributed by atoms with Crippen LogP contribution < -0.4 is 11.1 Å². The molecule has 1 aliphatic rings. The van der Waals surface area contributed by atoms with Crippen molar-refractivity contribution in [1.82, 2.24) is 0 Å². The summed E-state index contributed by atoms with van der Waals surface area (Å²) in [5, 5.41) is 12.7. The monoisotopic (exact) mass is 376 g/mol. The fourth-order valence-electron chi connectivity index (χ4n) is 3.38. The van der Waals surface area contributed by atoms with Crippen molar-refractivity contribution in [3.8, 4) is 0 Å². The number of carboxylic acids is 1. The normalized spacial score (nSPS) is 15.4. The minimum Gasteiger partial charge on any atom is -0.478 e. The molecule has 2 aromatic rings. The highest BCUT2D eigenvalue weighted by atomic mass is 32.1. The van der Waals surface area contributed by atoms with Gasteiger partial charge in [-0.15, -0.1) is 11.3 Å². The zero-order valence-corrected chi connectivity index (χ0v) is 15.5. The summed E-state index contributed by atoms with van der Waals surface area (Å²) in [6.07, 6.45) is 2.41. The van der Waals surface area contributed by atoms with Crippen LogP contribution in [0, 0.1) is 11.2 Å². The highest BCUT2D eigenvalue weighted by Crippen LogP contribution is 2.43. The maximum absolute atomic E-state index is 13.9. The molecule has 4 N–H and O–H groups in total. The lowest BCUT2D eigenvalue weighted by Crippen LogP contribution is -2.23. The van der Waals surface area contributed by atoms with Crippen LogP contribution in [0.3, 0.4) is 0 Å². The lowest BCUT2D eigenvalue weighted by molar-refractivity contribution is 0.0696. The molecular formula is C19H21FN2O3S. The minimum atomic E-state index is -1.06. The van der Waals surface area contributed by atoms with E-state index in [0.717, 1.165) is 23.3 Å². The molecule has 0 spiro atoms. The van der Waals surface area contributed by atoms with Crippen molar-refractivity contribution in [2.75, 3.05) is 5.32 Å². The third-order valence-electron chi connectivity index (χ3n) is 4.78. The van der Waals surface area contributed by atoms with E-state index in [1.807, 2.05) is 0 Å². The predicted molar refractivity (Wildman–Crippen MR) is 99.3 cm³/mol. The van der Waals surface area contributed by atoms with Crippen molar-refractivity contribution in [2.45, 2.75) is 39.7 Å². The van der Waals surface area contributed by atoms with Gasteiger partial charge in [0, 0.05) is 22.5 Å². The Hall–Kier alpha value is -2.25. The van der Waals surface area contributed by atoms with Gasteiger partial charge in [0.25, 0.3) is 5.91 Å². The van der Waals surface area contributed by atoms with E-state index in [1.165, 1.54) is 29.5 Å². The number of amides is 1. The lowest BCUT2D eigenvalue weighted by atomic mass is 9.76. The van der Waals surface area contributed by atoms with Crippen LogP contribution in [0.15, 0.2) is 18.2 Å². The van der Waals surface area contributed by atoms with Crippen molar-refractivity contribution >= 4 is 28.2 Å². The molecule has 138 valence electrons. The SMILES string of the molecule is CC1(C)CCc2sc(NC(=O)c3cccc(F)c3CN)c(C(=O)O)c2C1. The molecule has 1 heterocycles. The van der Waals surface area contributed by atoms with E-state index in [2.05, 4.69) is 19.2 Å². The summed E-state index contributed by atoms with van der Waals surface area (Å²) >= 11 is 1.29. The van der Waals surface area contributed by atoms with Gasteiger partial charge in [-0.05, 0) is 42.4 Å². The Balaban J connectivity index is 1.99. The van der Waals surface area contributed by atoms with E-state index in [-0.39, 0.29) is 28.7 Å². The number of carbonyl (C=O) groups excluding carboxylic acids is 1. The van der Waals surface area contributed by atoms with Gasteiger partial charge < -0.3 is 16.2 Å². The van der Waals surface area contributed by atoms with Crippen LogP contribution in [0.25, 0.3) is 0 Å². The molecule has 0 unspecified atom stereocenters. The quantitative estimate of drug-likeness (QED) is 0.756. The molecule has 1 aromatic heterocycles. The fraction of sp³-hybridized carbons (Fsp3) is 0.368. The molecule has 0 fully saturated rings. The summed E-state index contributed by atoms with van der Waals surface area (Å²) in [6.45, 7) is 4.10. The Kier molecular flexibility index (Phi) is 4.86. The second-order valence-electron chi connectivity index (χ2n) is 7.28. The first-order chi connectivity index (χ1) is 12.2. The van der Waals surface area contributed by atoms with Crippen molar-refractivity contribution in [3.63, 3.8) is 0 Å². The molecule has 1 amide bonds. The second kappa shape index (κ2) is 6.81. The van der Waals surface area contributed by atoms with Gasteiger partial charge in [-0.3, -0.25) is 4.79 Å². The first-order valence-corrected chi connectivity index (χ1v) is 9.22. The van der Waals surface area contributed by atoms with E-state index in [9.17, 15) is 19.1 Å². The maximum atomic E-state index is 13.9. The Labute approximate surface area is 155 Å². The molecule has 1 aromatic carbocycles. The van der Waals surface area contributed by atoms with E-state index < -0.39 is 17.7 Å². The average Bonchev–Trinajstić information content (AvgIpc) is 2.90. The summed E-state index contributed by atoms with van der Waals surface area (Å²) in [4.78, 5) is 25.5. The van der Waals surface area contributed by atoms with Crippen molar-refractivity contribution in [3.05, 3.63) is 51.1 Å². The minimum absolute atomic E-state index is 0.0226. The van der Waals surface area contributed by atoms with Gasteiger partial charge in [-0.25, -0.2) is 9.18 Å². The summed E-state index contributed by atoms with van der Waals surface area (Å²) in [5.41, 5.74) is 6.77. The molecule has 0 saturated carbocycles. The number of rotatable bonds is 4. The molecule has 5 nitrogen and oxygen atoms in total. The third kappa shape index (κ3) is 3.37. The van der Waals surface area contributed by atoms with Crippen LogP contribution in [0.5, 0.6) is 0 Å². The first-order valence-electron chi connectivity index (χ1n) is 8.40. The van der Waals surface area contributed by atoms with Gasteiger partial charge in [-0.2, -0.15) is 0 Å². The number of nitrogens with two attached hydrogens (primary N) is 1. The van der Waals surface area contributed by atoms with Gasteiger partial charge in [0.15, 0.2) is 0 Å². The molecule has 7 heteroatoms. The van der Waals surface area contributed by atoms with E-state index in [1.54, 1.807) is 0 Å². The Morgan fingerprint density at radius 3 is 2.77 bits per heavy atom. The molecule has 26 heavy (non-hydrogen) atoms. The Bertz CT molecular complexity index is 889. The summed E-state index contributed by atoms with van der Waals surface area (Å²) in [6, 6.07) is 4.16. The van der Waals surface area contributed by atoms with Gasteiger partial charge in [-0.1, -0.05) is 19.9 Å². The zero-order chi connectivity index (χ0) is 19.1. The third-order valence-corrected chi connectivity index (χ3v) is 5.99. The molecule has 3 rings (SSSR count). The molecule has 0 saturated heterocycles. The van der Waals surface area contributed by atoms with Crippen molar-refractivity contribution in [1.29, 1.82) is 0 Å². The fourth-order valence-corrected chi connectivity index (χ4v) is 4.59. The number of hydrogen-bond donors (Lipinski definition) is 3. The molecule has 0 bridgehead atoms. The summed E-state index contributed by atoms with van der Waals surface area (Å²) in [7, 11) is 0. The van der Waals surface area contributed by atoms with Crippen molar-refractivity contribution in [2.24, 2.45) is 11.1 Å². The lowest BCUT2D eigenvalue weighted by Gasteiger charge is -2.29. The molecule has 0 radical (unpaired) electrons. The van der Waals surface area contributed by atoms with E-state index in [0.29, 0.717) is 11.4 Å². The average molecular weight is 376 g/mol. The molecule has 1 aliphatic carbocycles. The number of carbonyl (C=O) groups is 2. The summed E-state index contributed by atoms with van der Waals surface area (Å²) < 4.78 is 13.9. The van der Waals surface area contributed by atoms with Crippen LogP contribution in [-0.2, 0) is 19.4 Å². The van der Waals surface area contributed by atoms with Gasteiger partial charge in [0.2, 0.25) is 0 Å².